The van der Waals surface area contributed by atoms with Crippen LogP contribution in [0.5, 0.6) is 11.5 Å². The Labute approximate surface area is 132 Å². The van der Waals surface area contributed by atoms with Gasteiger partial charge in [-0.3, -0.25) is 0 Å². The molecule has 0 amide bonds. The molecule has 0 radical (unpaired) electrons. The molecule has 0 bridgehead atoms. The summed E-state index contributed by atoms with van der Waals surface area (Å²) < 4.78 is 10.8. The summed E-state index contributed by atoms with van der Waals surface area (Å²) in [5, 5.41) is 9.69. The van der Waals surface area contributed by atoms with Gasteiger partial charge in [-0.1, -0.05) is 29.3 Å². The van der Waals surface area contributed by atoms with Crippen molar-refractivity contribution in [2.24, 2.45) is 0 Å². The van der Waals surface area contributed by atoms with E-state index in [1.54, 1.807) is 30.3 Å². The maximum atomic E-state index is 8.94. The number of rotatable bonds is 4. The number of nitriles is 1. The van der Waals surface area contributed by atoms with Gasteiger partial charge < -0.3 is 15.2 Å². The lowest BCUT2D eigenvalue weighted by atomic mass is 10.1. The molecule has 0 aliphatic heterocycles. The molecule has 0 unspecified atom stereocenters. The fraction of sp³-hybridized carbons (Fsp3) is 0.133. The first-order valence-electron chi connectivity index (χ1n) is 5.99. The second-order valence-electron chi connectivity index (χ2n) is 4.24. The van der Waals surface area contributed by atoms with E-state index in [0.29, 0.717) is 32.8 Å². The lowest BCUT2D eigenvalue weighted by Gasteiger charge is -2.11. The summed E-state index contributed by atoms with van der Waals surface area (Å²) in [6, 6.07) is 10.4. The molecule has 0 fully saturated rings. The number of hydrogen-bond donors (Lipinski definition) is 1. The van der Waals surface area contributed by atoms with Gasteiger partial charge in [0.2, 0.25) is 0 Å². The molecule has 2 N–H and O–H groups in total. The summed E-state index contributed by atoms with van der Waals surface area (Å²) in [5.41, 5.74) is 7.54. The number of methoxy groups -OCH3 is 1. The zero-order valence-corrected chi connectivity index (χ0v) is 12.7. The van der Waals surface area contributed by atoms with E-state index >= 15 is 0 Å². The van der Waals surface area contributed by atoms with Gasteiger partial charge in [0.25, 0.3) is 0 Å². The van der Waals surface area contributed by atoms with Gasteiger partial charge in [0.1, 0.15) is 24.2 Å². The van der Waals surface area contributed by atoms with Crippen LogP contribution in [0.15, 0.2) is 30.3 Å². The first kappa shape index (κ1) is 15.3. The molecule has 0 saturated heterocycles. The average molecular weight is 323 g/mol. The summed E-state index contributed by atoms with van der Waals surface area (Å²) in [6.07, 6.45) is 0. The van der Waals surface area contributed by atoms with Crippen LogP contribution in [0.4, 0.5) is 5.69 Å². The van der Waals surface area contributed by atoms with Crippen LogP contribution in [-0.2, 0) is 6.61 Å². The second kappa shape index (κ2) is 6.57. The molecule has 2 aromatic rings. The minimum Gasteiger partial charge on any atom is -0.495 e. The van der Waals surface area contributed by atoms with Gasteiger partial charge in [-0.2, -0.15) is 5.26 Å². The van der Waals surface area contributed by atoms with Crippen LogP contribution in [0.25, 0.3) is 0 Å². The van der Waals surface area contributed by atoms with Crippen molar-refractivity contribution in [1.82, 2.24) is 0 Å². The number of anilines is 1. The number of hydrogen-bond acceptors (Lipinski definition) is 4. The van der Waals surface area contributed by atoms with Crippen molar-refractivity contribution < 1.29 is 9.47 Å². The number of nitrogens with two attached hydrogens (primary N) is 1. The highest BCUT2D eigenvalue weighted by Gasteiger charge is 2.08. The van der Waals surface area contributed by atoms with Crippen LogP contribution < -0.4 is 15.2 Å². The van der Waals surface area contributed by atoms with Gasteiger partial charge in [-0.15, -0.1) is 0 Å². The third kappa shape index (κ3) is 3.52. The van der Waals surface area contributed by atoms with Crippen LogP contribution in [0.3, 0.4) is 0 Å². The zero-order chi connectivity index (χ0) is 15.4. The van der Waals surface area contributed by atoms with Crippen molar-refractivity contribution in [3.63, 3.8) is 0 Å². The molecule has 0 spiro atoms. The number of nitrogens with zero attached hydrogens (tertiary/aromatic N) is 1. The van der Waals surface area contributed by atoms with Crippen molar-refractivity contribution in [2.75, 3.05) is 12.8 Å². The molecule has 0 aliphatic rings. The number of halogens is 2. The second-order valence-corrected chi connectivity index (χ2v) is 5.05. The van der Waals surface area contributed by atoms with Crippen molar-refractivity contribution in [3.8, 4) is 17.6 Å². The highest BCUT2D eigenvalue weighted by atomic mass is 35.5. The largest absolute Gasteiger partial charge is 0.495 e. The minimum atomic E-state index is 0.268. The Morgan fingerprint density at radius 2 is 1.86 bits per heavy atom. The minimum absolute atomic E-state index is 0.268. The normalized spacial score (nSPS) is 10.0. The predicted molar refractivity (Wildman–Crippen MR) is 82.9 cm³/mol. The van der Waals surface area contributed by atoms with E-state index in [0.717, 1.165) is 5.56 Å². The number of benzene rings is 2. The maximum Gasteiger partial charge on any atom is 0.144 e. The first-order chi connectivity index (χ1) is 10.0. The van der Waals surface area contributed by atoms with Gasteiger partial charge in [0.05, 0.1) is 28.4 Å². The fourth-order valence-electron chi connectivity index (χ4n) is 1.75. The summed E-state index contributed by atoms with van der Waals surface area (Å²) in [5.74, 6) is 0.952. The molecule has 2 rings (SSSR count). The van der Waals surface area contributed by atoms with Crippen molar-refractivity contribution in [2.45, 2.75) is 6.61 Å². The van der Waals surface area contributed by atoms with Gasteiger partial charge in [0, 0.05) is 6.07 Å². The van der Waals surface area contributed by atoms with Gasteiger partial charge in [-0.05, 0) is 23.8 Å². The van der Waals surface area contributed by atoms with Crippen LogP contribution in [0, 0.1) is 11.3 Å². The predicted octanol–water partition coefficient (Wildman–Crippen LogP) is 4.03. The molecule has 0 aromatic heterocycles. The van der Waals surface area contributed by atoms with E-state index in [-0.39, 0.29) is 6.61 Å². The van der Waals surface area contributed by atoms with Crippen LogP contribution in [0.2, 0.25) is 10.0 Å². The summed E-state index contributed by atoms with van der Waals surface area (Å²) >= 11 is 11.8. The smallest absolute Gasteiger partial charge is 0.144 e. The van der Waals surface area contributed by atoms with E-state index in [9.17, 15) is 0 Å². The molecule has 4 nitrogen and oxygen atoms in total. The van der Waals surface area contributed by atoms with E-state index in [2.05, 4.69) is 6.07 Å². The van der Waals surface area contributed by atoms with E-state index in [1.807, 2.05) is 0 Å². The highest BCUT2D eigenvalue weighted by Crippen LogP contribution is 2.33. The summed E-state index contributed by atoms with van der Waals surface area (Å²) in [4.78, 5) is 0. The zero-order valence-electron chi connectivity index (χ0n) is 11.2. The van der Waals surface area contributed by atoms with E-state index in [4.69, 9.17) is 43.7 Å². The third-order valence-corrected chi connectivity index (χ3v) is 3.56. The Morgan fingerprint density at radius 3 is 2.52 bits per heavy atom. The molecule has 0 aliphatic carbocycles. The third-order valence-electron chi connectivity index (χ3n) is 2.83. The number of nitrogen functional groups attached to an aromatic ring is 1. The Balaban J connectivity index is 2.17. The standard InChI is InChI=1S/C15H12Cl2N2O2/c1-20-14-4-9(2-3-10(14)7-18)8-21-15-6-12(17)11(16)5-13(15)19/h2-6H,8,19H2,1H3. The highest BCUT2D eigenvalue weighted by molar-refractivity contribution is 6.42. The topological polar surface area (TPSA) is 68.3 Å². The lowest BCUT2D eigenvalue weighted by Crippen LogP contribution is -2.00. The van der Waals surface area contributed by atoms with Crippen LogP contribution in [-0.4, -0.2) is 7.11 Å². The molecule has 0 saturated carbocycles. The number of ether oxygens (including phenoxy) is 2. The van der Waals surface area contributed by atoms with Crippen molar-refractivity contribution >= 4 is 28.9 Å². The summed E-state index contributed by atoms with van der Waals surface area (Å²) in [7, 11) is 1.51. The van der Waals surface area contributed by atoms with Gasteiger partial charge in [-0.25, -0.2) is 0 Å². The van der Waals surface area contributed by atoms with Crippen LogP contribution in [0.1, 0.15) is 11.1 Å². The average Bonchev–Trinajstić information content (AvgIpc) is 2.49. The van der Waals surface area contributed by atoms with Gasteiger partial charge >= 0.3 is 0 Å². The molecule has 2 aromatic carbocycles. The quantitative estimate of drug-likeness (QED) is 0.862. The molecule has 21 heavy (non-hydrogen) atoms. The molecular formula is C15H12Cl2N2O2. The molecule has 6 heteroatoms. The van der Waals surface area contributed by atoms with Crippen LogP contribution >= 0.6 is 23.2 Å². The van der Waals surface area contributed by atoms with Crippen molar-refractivity contribution in [1.29, 1.82) is 5.26 Å². The lowest BCUT2D eigenvalue weighted by molar-refractivity contribution is 0.307. The first-order valence-corrected chi connectivity index (χ1v) is 6.75. The molecule has 108 valence electrons. The Morgan fingerprint density at radius 1 is 1.14 bits per heavy atom. The summed E-state index contributed by atoms with van der Waals surface area (Å²) in [6.45, 7) is 0.268. The molecule has 0 atom stereocenters. The SMILES string of the molecule is COc1cc(COc2cc(Cl)c(Cl)cc2N)ccc1C#N. The van der Waals surface area contributed by atoms with Crippen molar-refractivity contribution in [3.05, 3.63) is 51.5 Å². The Bertz CT molecular complexity index is 712. The molecule has 0 heterocycles. The Kier molecular flexibility index (Phi) is 4.79. The van der Waals surface area contributed by atoms with E-state index < -0.39 is 0 Å². The fourth-order valence-corrected chi connectivity index (χ4v) is 2.07. The molecular weight excluding hydrogens is 311 g/mol. The maximum absolute atomic E-state index is 8.94. The van der Waals surface area contributed by atoms with Gasteiger partial charge in [0.15, 0.2) is 0 Å². The van der Waals surface area contributed by atoms with E-state index in [1.165, 1.54) is 7.11 Å². The monoisotopic (exact) mass is 322 g/mol. The Hall–Kier alpha value is -2.09.